The molecule has 0 aliphatic carbocycles. The number of nitrogens with zero attached hydrogens (tertiary/aromatic N) is 1. The number of ether oxygens (including phenoxy) is 1. The van der Waals surface area contributed by atoms with Gasteiger partial charge in [-0.2, -0.15) is 26.3 Å². The lowest BCUT2D eigenvalue weighted by molar-refractivity contribution is -0.348. The van der Waals surface area contributed by atoms with Gasteiger partial charge < -0.3 is 14.6 Å². The van der Waals surface area contributed by atoms with Crippen LogP contribution in [-0.4, -0.2) is 41.1 Å². The van der Waals surface area contributed by atoms with Gasteiger partial charge in [0.05, 0.1) is 11.1 Å². The Labute approximate surface area is 241 Å². The largest absolute Gasteiger partial charge is 0.573 e. The van der Waals surface area contributed by atoms with E-state index in [2.05, 4.69) is 9.72 Å². The van der Waals surface area contributed by atoms with Crippen LogP contribution in [0.1, 0.15) is 27.0 Å². The van der Waals surface area contributed by atoms with E-state index in [0.29, 0.717) is 28.6 Å². The van der Waals surface area contributed by atoms with Gasteiger partial charge in [-0.05, 0) is 47.9 Å². The van der Waals surface area contributed by atoms with Crippen LogP contribution in [-0.2, 0) is 18.6 Å². The molecule has 0 saturated heterocycles. The lowest BCUT2D eigenvalue weighted by Gasteiger charge is -2.30. The molecule has 3 aromatic carbocycles. The zero-order valence-corrected chi connectivity index (χ0v) is 22.2. The van der Waals surface area contributed by atoms with Gasteiger partial charge in [0.25, 0.3) is 5.91 Å². The topological polar surface area (TPSA) is 45.3 Å². The second-order valence-electron chi connectivity index (χ2n) is 9.42. The summed E-state index contributed by atoms with van der Waals surface area (Å²) in [7, 11) is 0. The summed E-state index contributed by atoms with van der Waals surface area (Å²) in [6.07, 6.45) is -16.0. The van der Waals surface area contributed by atoms with E-state index >= 15 is 0 Å². The molecule has 0 aliphatic heterocycles. The van der Waals surface area contributed by atoms with E-state index in [1.807, 2.05) is 0 Å². The minimum atomic E-state index is -6.30. The van der Waals surface area contributed by atoms with Crippen molar-refractivity contribution in [3.8, 4) is 5.75 Å². The Morgan fingerprint density at radius 3 is 2.07 bits per heavy atom. The van der Waals surface area contributed by atoms with E-state index in [4.69, 9.17) is 11.6 Å². The summed E-state index contributed by atoms with van der Waals surface area (Å²) < 4.78 is 135. The number of benzene rings is 3. The maximum Gasteiger partial charge on any atom is 0.573 e. The van der Waals surface area contributed by atoms with Crippen molar-refractivity contribution in [1.82, 2.24) is 9.88 Å². The van der Waals surface area contributed by atoms with E-state index < -0.39 is 41.6 Å². The van der Waals surface area contributed by atoms with Gasteiger partial charge in [-0.15, -0.1) is 13.2 Å². The molecule has 0 atom stereocenters. The van der Waals surface area contributed by atoms with Gasteiger partial charge in [0.15, 0.2) is 0 Å². The smallest absolute Gasteiger partial charge is 0.406 e. The molecule has 1 heterocycles. The first kappa shape index (κ1) is 32.0. The SMILES string of the molecule is O=C(c1cc(Cl)cc2cc[nH]c12)N(CCc1cccc(OC(F)(F)F)c1)Cc1ccc(C(F)(C(F)(F)F)C(F)(F)F)cc1. The molecular weight excluding hydrogens is 622 g/mol. The van der Waals surface area contributed by atoms with Crippen molar-refractivity contribution in [3.05, 3.63) is 100 Å². The van der Waals surface area contributed by atoms with Crippen LogP contribution in [0.4, 0.5) is 43.9 Å². The first-order valence-corrected chi connectivity index (χ1v) is 12.6. The van der Waals surface area contributed by atoms with Crippen LogP contribution in [0.25, 0.3) is 10.9 Å². The Balaban J connectivity index is 1.66. The molecule has 0 unspecified atom stereocenters. The lowest BCUT2D eigenvalue weighted by Crippen LogP contribution is -2.50. The molecule has 1 aromatic heterocycles. The summed E-state index contributed by atoms with van der Waals surface area (Å²) in [4.78, 5) is 17.8. The average Bonchev–Trinajstić information content (AvgIpc) is 3.36. The van der Waals surface area contributed by atoms with Crippen molar-refractivity contribution < 1.29 is 53.4 Å². The third kappa shape index (κ3) is 7.00. The summed E-state index contributed by atoms with van der Waals surface area (Å²) in [5.41, 5.74) is -6.50. The van der Waals surface area contributed by atoms with Crippen LogP contribution in [0.15, 0.2) is 72.9 Å². The van der Waals surface area contributed by atoms with E-state index in [0.717, 1.165) is 24.3 Å². The van der Waals surface area contributed by atoms with E-state index in [1.165, 1.54) is 29.3 Å². The number of H-pyrrole nitrogens is 1. The second-order valence-corrected chi connectivity index (χ2v) is 9.85. The minimum absolute atomic E-state index is 0.0247. The number of hydrogen-bond acceptors (Lipinski definition) is 2. The number of alkyl halides is 10. The Morgan fingerprint density at radius 2 is 1.47 bits per heavy atom. The Morgan fingerprint density at radius 1 is 0.814 bits per heavy atom. The number of aromatic amines is 1. The number of hydrogen-bond donors (Lipinski definition) is 1. The lowest BCUT2D eigenvalue weighted by atomic mass is 9.93. The Bertz CT molecular complexity index is 1580. The molecule has 0 aliphatic rings. The van der Waals surface area contributed by atoms with Crippen LogP contribution in [0.5, 0.6) is 5.75 Å². The fourth-order valence-electron chi connectivity index (χ4n) is 4.44. The molecule has 15 heteroatoms. The van der Waals surface area contributed by atoms with E-state index in [-0.39, 0.29) is 35.7 Å². The fraction of sp³-hybridized carbons (Fsp3) is 0.250. The molecule has 230 valence electrons. The normalized spacial score (nSPS) is 12.9. The number of amides is 1. The van der Waals surface area contributed by atoms with Crippen molar-refractivity contribution in [1.29, 1.82) is 0 Å². The van der Waals surface area contributed by atoms with Crippen LogP contribution < -0.4 is 4.74 Å². The quantitative estimate of drug-likeness (QED) is 0.196. The Kier molecular flexibility index (Phi) is 8.65. The van der Waals surface area contributed by atoms with Gasteiger partial charge >= 0.3 is 24.4 Å². The predicted octanol–water partition coefficient (Wildman–Crippen LogP) is 8.89. The predicted molar refractivity (Wildman–Crippen MR) is 136 cm³/mol. The number of nitrogens with one attached hydrogen (secondary N) is 1. The molecule has 0 bridgehead atoms. The van der Waals surface area contributed by atoms with Gasteiger partial charge in [-0.25, -0.2) is 4.39 Å². The zero-order valence-electron chi connectivity index (χ0n) is 21.5. The molecule has 1 N–H and O–H groups in total. The van der Waals surface area contributed by atoms with Crippen LogP contribution in [0, 0.1) is 0 Å². The molecule has 43 heavy (non-hydrogen) atoms. The highest BCUT2D eigenvalue weighted by Crippen LogP contribution is 2.53. The van der Waals surface area contributed by atoms with Crippen LogP contribution in [0.3, 0.4) is 0 Å². The molecule has 4 aromatic rings. The van der Waals surface area contributed by atoms with Gasteiger partial charge in [0, 0.05) is 35.3 Å². The number of rotatable bonds is 8. The third-order valence-electron chi connectivity index (χ3n) is 6.45. The first-order valence-electron chi connectivity index (χ1n) is 12.2. The summed E-state index contributed by atoms with van der Waals surface area (Å²) in [6.45, 7) is -0.535. The molecule has 4 nitrogen and oxygen atoms in total. The highest BCUT2D eigenvalue weighted by molar-refractivity contribution is 6.32. The monoisotopic (exact) mass is 640 g/mol. The molecule has 0 fully saturated rings. The maximum atomic E-state index is 14.5. The summed E-state index contributed by atoms with van der Waals surface area (Å²) in [6, 6.07) is 11.8. The molecule has 0 saturated carbocycles. The summed E-state index contributed by atoms with van der Waals surface area (Å²) >= 11 is 6.16. The van der Waals surface area contributed by atoms with Crippen molar-refractivity contribution in [2.75, 3.05) is 6.54 Å². The second kappa shape index (κ2) is 11.6. The molecular formula is C28H19ClF10N2O2. The van der Waals surface area contributed by atoms with Crippen LogP contribution in [0.2, 0.25) is 5.02 Å². The van der Waals surface area contributed by atoms with Gasteiger partial charge in [-0.1, -0.05) is 48.0 Å². The molecule has 4 rings (SSSR count). The summed E-state index contributed by atoms with van der Waals surface area (Å²) in [5, 5.41) is 0.756. The number of fused-ring (bicyclic) bond motifs is 1. The maximum absolute atomic E-state index is 14.5. The molecule has 1 amide bonds. The third-order valence-corrected chi connectivity index (χ3v) is 6.67. The van der Waals surface area contributed by atoms with Gasteiger partial charge in [-0.3, -0.25) is 4.79 Å². The van der Waals surface area contributed by atoms with Crippen LogP contribution >= 0.6 is 11.6 Å². The van der Waals surface area contributed by atoms with Crippen molar-refractivity contribution in [3.63, 3.8) is 0 Å². The van der Waals surface area contributed by atoms with Crippen molar-refractivity contribution in [2.24, 2.45) is 0 Å². The van der Waals surface area contributed by atoms with Gasteiger partial charge in [0.1, 0.15) is 5.75 Å². The fourth-order valence-corrected chi connectivity index (χ4v) is 4.66. The van der Waals surface area contributed by atoms with Crippen molar-refractivity contribution in [2.45, 2.75) is 37.3 Å². The standard InChI is InChI=1S/C28H19ClF10N2O2/c29-20-13-18-8-10-40-23(18)22(14-20)24(42)41(11-9-16-2-1-3-21(12-16)43-28(37,38)39)15-17-4-6-19(7-5-17)25(30,26(31,32)33)27(34,35)36/h1-8,10,12-14,40H,9,11,15H2. The molecule has 0 radical (unpaired) electrons. The molecule has 0 spiro atoms. The Hall–Kier alpha value is -3.94. The van der Waals surface area contributed by atoms with Crippen molar-refractivity contribution >= 4 is 28.4 Å². The summed E-state index contributed by atoms with van der Waals surface area (Å²) in [5.74, 6) is -1.17. The first-order chi connectivity index (χ1) is 19.9. The van der Waals surface area contributed by atoms with E-state index in [9.17, 15) is 48.7 Å². The number of halogens is 11. The number of carbonyl (C=O) groups is 1. The highest BCUT2D eigenvalue weighted by atomic mass is 35.5. The average molecular weight is 641 g/mol. The minimum Gasteiger partial charge on any atom is -0.406 e. The number of aromatic nitrogens is 1. The zero-order chi connectivity index (χ0) is 31.8. The van der Waals surface area contributed by atoms with E-state index in [1.54, 1.807) is 12.1 Å². The van der Waals surface area contributed by atoms with Gasteiger partial charge in [0.2, 0.25) is 0 Å². The highest BCUT2D eigenvalue weighted by Gasteiger charge is 2.73. The number of carbonyl (C=O) groups excluding carboxylic acids is 1.